The van der Waals surface area contributed by atoms with Crippen LogP contribution < -0.4 is 4.43 Å². The number of esters is 2. The minimum Gasteiger partial charge on any atom is -0.544 e. The molecule has 6 rings (SSSR count). The largest absolute Gasteiger partial charge is 0.544 e. The summed E-state index contributed by atoms with van der Waals surface area (Å²) in [5, 5.41) is 0.119. The Hall–Kier alpha value is -2.71. The van der Waals surface area contributed by atoms with Crippen LogP contribution in [-0.4, -0.2) is 51.5 Å². The quantitative estimate of drug-likeness (QED) is 0.214. The standard InChI is InChI=1S/C35H46O7Si/c1-19-22(20-10-12-21(13-11-20)42-43(8,9)33(2,3)4)17-26-23(19)16-24-25(18-28(37)39-7)35(6)27(36)14-15-34(5)31(35)30(29(24)40-26)41-32(34)38/h10-15,22,24-26,29-31H,16-18H2,1-9H3/t22-,24-,25?,26+,29-,30-,31-,34+,35-/m0/s1. The van der Waals surface area contributed by atoms with Crippen LogP contribution in [0.2, 0.25) is 18.1 Å². The number of ketones is 1. The molecular formula is C35H46O7Si. The van der Waals surface area contributed by atoms with Crippen LogP contribution >= 0.6 is 0 Å². The molecular weight excluding hydrogens is 560 g/mol. The third-order valence-corrected chi connectivity index (χ3v) is 16.5. The van der Waals surface area contributed by atoms with E-state index in [0.29, 0.717) is 6.42 Å². The lowest BCUT2D eigenvalue weighted by Gasteiger charge is -2.58. The maximum Gasteiger partial charge on any atom is 0.316 e. The van der Waals surface area contributed by atoms with Gasteiger partial charge in [0, 0.05) is 23.7 Å². The number of hydrogen-bond donors (Lipinski definition) is 0. The normalized spacial score (nSPS) is 38.3. The first-order chi connectivity index (χ1) is 20.0. The van der Waals surface area contributed by atoms with E-state index in [-0.39, 0.29) is 53.0 Å². The third-order valence-electron chi connectivity index (χ3n) is 12.2. The zero-order chi connectivity index (χ0) is 31.3. The number of methoxy groups -OCH3 is 1. The van der Waals surface area contributed by atoms with Crippen molar-refractivity contribution >= 4 is 26.0 Å². The summed E-state index contributed by atoms with van der Waals surface area (Å²) in [5.41, 5.74) is 1.87. The molecule has 232 valence electrons. The Morgan fingerprint density at radius 1 is 1.09 bits per heavy atom. The molecule has 3 aliphatic carbocycles. The van der Waals surface area contributed by atoms with Gasteiger partial charge in [0.15, 0.2) is 5.78 Å². The number of rotatable bonds is 5. The summed E-state index contributed by atoms with van der Waals surface area (Å²) in [6.45, 7) is 17.2. The molecule has 2 saturated heterocycles. The molecule has 3 fully saturated rings. The van der Waals surface area contributed by atoms with Crippen molar-refractivity contribution < 1.29 is 33.0 Å². The van der Waals surface area contributed by atoms with Crippen molar-refractivity contribution in [3.63, 3.8) is 0 Å². The van der Waals surface area contributed by atoms with Gasteiger partial charge in [-0.3, -0.25) is 14.4 Å². The first kappa shape index (κ1) is 30.3. The number of ether oxygens (including phenoxy) is 3. The molecule has 9 atom stereocenters. The average molecular weight is 607 g/mol. The van der Waals surface area contributed by atoms with Crippen molar-refractivity contribution in [2.45, 2.75) is 103 Å². The van der Waals surface area contributed by atoms with E-state index in [4.69, 9.17) is 18.6 Å². The molecule has 8 heteroatoms. The maximum absolute atomic E-state index is 13.7. The first-order valence-corrected chi connectivity index (χ1v) is 18.6. The number of carbonyl (C=O) groups excluding carboxylic acids is 3. The summed E-state index contributed by atoms with van der Waals surface area (Å²) in [6.07, 6.45) is 3.83. The van der Waals surface area contributed by atoms with E-state index >= 15 is 0 Å². The van der Waals surface area contributed by atoms with Gasteiger partial charge < -0.3 is 18.6 Å². The molecule has 1 saturated carbocycles. The molecule has 5 aliphatic rings. The van der Waals surface area contributed by atoms with Crippen LogP contribution in [0.5, 0.6) is 5.75 Å². The van der Waals surface area contributed by atoms with Gasteiger partial charge in [-0.1, -0.05) is 51.5 Å². The van der Waals surface area contributed by atoms with Gasteiger partial charge in [-0.05, 0) is 86.0 Å². The molecule has 0 radical (unpaired) electrons. The molecule has 0 N–H and O–H groups in total. The highest BCUT2D eigenvalue weighted by Crippen LogP contribution is 2.65. The van der Waals surface area contributed by atoms with E-state index in [1.807, 2.05) is 13.8 Å². The highest BCUT2D eigenvalue weighted by atomic mass is 28.4. The monoisotopic (exact) mass is 606 g/mol. The van der Waals surface area contributed by atoms with Gasteiger partial charge in [-0.25, -0.2) is 0 Å². The fraction of sp³-hybridized carbons (Fsp3) is 0.629. The Labute approximate surface area is 256 Å². The lowest BCUT2D eigenvalue weighted by molar-refractivity contribution is -0.204. The molecule has 43 heavy (non-hydrogen) atoms. The van der Waals surface area contributed by atoms with Crippen molar-refractivity contribution in [1.29, 1.82) is 0 Å². The molecule has 2 heterocycles. The van der Waals surface area contributed by atoms with Gasteiger partial charge >= 0.3 is 11.9 Å². The fourth-order valence-electron chi connectivity index (χ4n) is 8.64. The SMILES string of the molecule is COC(=O)CC1[C@@H]2CC3=C(C)[C@@H](c4ccc(O[Si](C)(C)C(C)(C)C)cc4)C[C@H]3O[C@@H]2[C@@H]2OC(=O)[C@]3(C)C=CC(=O)[C@@]1(C)[C@@H]23. The van der Waals surface area contributed by atoms with Crippen molar-refractivity contribution in [3.05, 3.63) is 53.1 Å². The second-order valence-electron chi connectivity index (χ2n) is 15.4. The van der Waals surface area contributed by atoms with Crippen molar-refractivity contribution in [2.24, 2.45) is 28.6 Å². The summed E-state index contributed by atoms with van der Waals surface area (Å²) in [6, 6.07) is 8.52. The van der Waals surface area contributed by atoms with Crippen LogP contribution in [0.25, 0.3) is 0 Å². The van der Waals surface area contributed by atoms with Crippen LogP contribution in [-0.2, 0) is 28.6 Å². The second kappa shape index (κ2) is 9.90. The zero-order valence-corrected chi connectivity index (χ0v) is 28.0. The highest BCUT2D eigenvalue weighted by molar-refractivity contribution is 6.74. The predicted octanol–water partition coefficient (Wildman–Crippen LogP) is 6.53. The molecule has 2 aliphatic heterocycles. The van der Waals surface area contributed by atoms with Crippen molar-refractivity contribution in [2.75, 3.05) is 7.11 Å². The van der Waals surface area contributed by atoms with Gasteiger partial charge in [0.2, 0.25) is 8.32 Å². The lowest BCUT2D eigenvalue weighted by Crippen LogP contribution is -2.65. The summed E-state index contributed by atoms with van der Waals surface area (Å²) >= 11 is 0. The lowest BCUT2D eigenvalue weighted by atomic mass is 9.45. The Kier molecular flexibility index (Phi) is 6.98. The van der Waals surface area contributed by atoms with Gasteiger partial charge in [-0.2, -0.15) is 0 Å². The summed E-state index contributed by atoms with van der Waals surface area (Å²) < 4.78 is 24.7. The number of allylic oxidation sites excluding steroid dienone is 2. The molecule has 1 aromatic rings. The Morgan fingerprint density at radius 2 is 1.77 bits per heavy atom. The van der Waals surface area contributed by atoms with E-state index in [2.05, 4.69) is 65.1 Å². The second-order valence-corrected chi connectivity index (χ2v) is 20.1. The van der Waals surface area contributed by atoms with Gasteiger partial charge in [-0.15, -0.1) is 0 Å². The minimum atomic E-state index is -1.94. The number of benzene rings is 1. The smallest absolute Gasteiger partial charge is 0.316 e. The Morgan fingerprint density at radius 3 is 2.40 bits per heavy atom. The topological polar surface area (TPSA) is 88.1 Å². The third kappa shape index (κ3) is 4.41. The molecule has 0 amide bonds. The molecule has 1 aromatic carbocycles. The van der Waals surface area contributed by atoms with E-state index in [1.165, 1.54) is 29.9 Å². The first-order valence-electron chi connectivity index (χ1n) is 15.7. The molecule has 0 aromatic heterocycles. The fourth-order valence-corrected chi connectivity index (χ4v) is 9.67. The van der Waals surface area contributed by atoms with Crippen molar-refractivity contribution in [1.82, 2.24) is 0 Å². The number of carbonyl (C=O) groups is 3. The van der Waals surface area contributed by atoms with Gasteiger partial charge in [0.05, 0.1) is 24.7 Å². The maximum atomic E-state index is 13.7. The number of hydrogen-bond acceptors (Lipinski definition) is 7. The van der Waals surface area contributed by atoms with E-state index in [9.17, 15) is 14.4 Å². The van der Waals surface area contributed by atoms with Crippen LogP contribution in [0.3, 0.4) is 0 Å². The highest BCUT2D eigenvalue weighted by Gasteiger charge is 2.73. The Balaban J connectivity index is 1.33. The van der Waals surface area contributed by atoms with Crippen molar-refractivity contribution in [3.8, 4) is 5.75 Å². The van der Waals surface area contributed by atoms with E-state index < -0.39 is 37.3 Å². The zero-order valence-electron chi connectivity index (χ0n) is 27.0. The molecule has 0 spiro atoms. The molecule has 7 nitrogen and oxygen atoms in total. The summed E-state index contributed by atoms with van der Waals surface area (Å²) in [7, 11) is -0.559. The average Bonchev–Trinajstić information content (AvgIpc) is 3.41. The predicted molar refractivity (Wildman–Crippen MR) is 165 cm³/mol. The van der Waals surface area contributed by atoms with Gasteiger partial charge in [0.1, 0.15) is 11.9 Å². The van der Waals surface area contributed by atoms with Gasteiger partial charge in [0.25, 0.3) is 0 Å². The van der Waals surface area contributed by atoms with Crippen LogP contribution in [0.1, 0.15) is 72.3 Å². The minimum absolute atomic E-state index is 0.0530. The summed E-state index contributed by atoms with van der Waals surface area (Å²) in [4.78, 5) is 39.8. The van der Waals surface area contributed by atoms with Crippen LogP contribution in [0.4, 0.5) is 0 Å². The van der Waals surface area contributed by atoms with E-state index in [1.54, 1.807) is 6.08 Å². The van der Waals surface area contributed by atoms with Crippen LogP contribution in [0.15, 0.2) is 47.6 Å². The molecule has 0 bridgehead atoms. The van der Waals surface area contributed by atoms with E-state index in [0.717, 1.165) is 12.2 Å². The summed E-state index contributed by atoms with van der Waals surface area (Å²) in [5.74, 6) is -0.528. The number of fused-ring (bicyclic) bond motifs is 3. The molecule has 1 unspecified atom stereocenters. The van der Waals surface area contributed by atoms with Crippen LogP contribution in [0, 0.1) is 28.6 Å². The Bertz CT molecular complexity index is 1420.